The minimum atomic E-state index is 0.617. The first-order valence-corrected chi connectivity index (χ1v) is 9.03. The molecule has 1 aliphatic rings. The van der Waals surface area contributed by atoms with Crippen LogP contribution in [0.1, 0.15) is 50.1 Å². The summed E-state index contributed by atoms with van der Waals surface area (Å²) in [6.45, 7) is 9.39. The highest BCUT2D eigenvalue weighted by Gasteiger charge is 2.25. The summed E-state index contributed by atoms with van der Waals surface area (Å²) in [7, 11) is 1.75. The lowest BCUT2D eigenvalue weighted by Gasteiger charge is -2.14. The fourth-order valence-electron chi connectivity index (χ4n) is 2.92. The standard InChI is InChI=1S/C16H29N3OS/c1-4-6-13-7-9-19(11-13)16-18-14(12-20-3)15(21-16)10-17-8-5-2/h13,17H,4-12H2,1-3H3. The second-order valence-corrected chi connectivity index (χ2v) is 6.93. The van der Waals surface area contributed by atoms with E-state index in [9.17, 15) is 0 Å². The van der Waals surface area contributed by atoms with E-state index in [1.807, 2.05) is 11.3 Å². The SMILES string of the molecule is CCCNCc1sc(N2CCC(CCC)C2)nc1COC. The van der Waals surface area contributed by atoms with Crippen LogP contribution in [-0.2, 0) is 17.9 Å². The number of hydrogen-bond donors (Lipinski definition) is 1. The van der Waals surface area contributed by atoms with E-state index in [2.05, 4.69) is 24.1 Å². The Bertz CT molecular complexity index is 422. The molecule has 1 saturated heterocycles. The third kappa shape index (κ3) is 4.66. The topological polar surface area (TPSA) is 37.4 Å². The summed E-state index contributed by atoms with van der Waals surface area (Å²) < 4.78 is 5.31. The van der Waals surface area contributed by atoms with E-state index in [0.29, 0.717) is 6.61 Å². The number of nitrogens with zero attached hydrogens (tertiary/aromatic N) is 2. The molecule has 0 aromatic carbocycles. The first-order valence-electron chi connectivity index (χ1n) is 8.21. The van der Waals surface area contributed by atoms with Gasteiger partial charge in [-0.3, -0.25) is 0 Å². The van der Waals surface area contributed by atoms with E-state index in [-0.39, 0.29) is 0 Å². The maximum absolute atomic E-state index is 5.31. The number of aromatic nitrogens is 1. The number of hydrogen-bond acceptors (Lipinski definition) is 5. The molecule has 1 aliphatic heterocycles. The minimum absolute atomic E-state index is 0.617. The van der Waals surface area contributed by atoms with Crippen molar-refractivity contribution in [3.8, 4) is 0 Å². The molecule has 1 unspecified atom stereocenters. The summed E-state index contributed by atoms with van der Waals surface area (Å²) in [5, 5.41) is 4.67. The second kappa shape index (κ2) is 8.71. The van der Waals surface area contributed by atoms with Crippen molar-refractivity contribution in [2.45, 2.75) is 52.7 Å². The van der Waals surface area contributed by atoms with Gasteiger partial charge in [-0.25, -0.2) is 4.98 Å². The average Bonchev–Trinajstić information content (AvgIpc) is 3.08. The maximum Gasteiger partial charge on any atom is 0.185 e. The number of nitrogens with one attached hydrogen (secondary N) is 1. The Morgan fingerprint density at radius 1 is 1.38 bits per heavy atom. The molecule has 21 heavy (non-hydrogen) atoms. The monoisotopic (exact) mass is 311 g/mol. The normalized spacial score (nSPS) is 18.6. The highest BCUT2D eigenvalue weighted by atomic mass is 32.1. The van der Waals surface area contributed by atoms with Crippen LogP contribution in [0.25, 0.3) is 0 Å². The van der Waals surface area contributed by atoms with Gasteiger partial charge in [-0.05, 0) is 31.7 Å². The third-order valence-corrected chi connectivity index (χ3v) is 5.17. The molecule has 0 spiro atoms. The molecule has 0 saturated carbocycles. The van der Waals surface area contributed by atoms with E-state index in [1.54, 1.807) is 7.11 Å². The summed E-state index contributed by atoms with van der Waals surface area (Å²) in [6, 6.07) is 0. The lowest BCUT2D eigenvalue weighted by molar-refractivity contribution is 0.181. The Hall–Kier alpha value is -0.650. The Kier molecular flexibility index (Phi) is 6.93. The fourth-order valence-corrected chi connectivity index (χ4v) is 3.99. The van der Waals surface area contributed by atoms with Crippen LogP contribution >= 0.6 is 11.3 Å². The smallest absolute Gasteiger partial charge is 0.185 e. The predicted octanol–water partition coefficient (Wildman–Crippen LogP) is 3.42. The van der Waals surface area contributed by atoms with Crippen LogP contribution in [0.4, 0.5) is 5.13 Å². The van der Waals surface area contributed by atoms with Crippen molar-refractivity contribution in [3.05, 3.63) is 10.6 Å². The molecule has 0 bridgehead atoms. The zero-order chi connectivity index (χ0) is 15.1. The van der Waals surface area contributed by atoms with Gasteiger partial charge in [0.1, 0.15) is 0 Å². The summed E-state index contributed by atoms with van der Waals surface area (Å²) in [5.41, 5.74) is 1.11. The van der Waals surface area contributed by atoms with Gasteiger partial charge in [0.2, 0.25) is 0 Å². The zero-order valence-corrected chi connectivity index (χ0v) is 14.5. The third-order valence-electron chi connectivity index (χ3n) is 4.01. The van der Waals surface area contributed by atoms with Crippen molar-refractivity contribution in [1.82, 2.24) is 10.3 Å². The van der Waals surface area contributed by atoms with Crippen molar-refractivity contribution < 1.29 is 4.74 Å². The highest BCUT2D eigenvalue weighted by Crippen LogP contribution is 2.32. The molecule has 120 valence electrons. The van der Waals surface area contributed by atoms with E-state index >= 15 is 0 Å². The molecule has 5 heteroatoms. The lowest BCUT2D eigenvalue weighted by Crippen LogP contribution is -2.19. The summed E-state index contributed by atoms with van der Waals surface area (Å²) >= 11 is 1.84. The first kappa shape index (κ1) is 16.7. The highest BCUT2D eigenvalue weighted by molar-refractivity contribution is 7.15. The van der Waals surface area contributed by atoms with Crippen LogP contribution in [-0.4, -0.2) is 31.7 Å². The van der Waals surface area contributed by atoms with Crippen molar-refractivity contribution in [3.63, 3.8) is 0 Å². The van der Waals surface area contributed by atoms with Gasteiger partial charge in [0.25, 0.3) is 0 Å². The van der Waals surface area contributed by atoms with Crippen molar-refractivity contribution in [2.24, 2.45) is 5.92 Å². The summed E-state index contributed by atoms with van der Waals surface area (Å²) in [6.07, 6.45) is 5.11. The van der Waals surface area contributed by atoms with E-state index in [0.717, 1.165) is 37.7 Å². The van der Waals surface area contributed by atoms with Gasteiger partial charge in [-0.1, -0.05) is 20.3 Å². The fraction of sp³-hybridized carbons (Fsp3) is 0.812. The van der Waals surface area contributed by atoms with Crippen molar-refractivity contribution >= 4 is 16.5 Å². The van der Waals surface area contributed by atoms with Gasteiger partial charge in [0.15, 0.2) is 5.13 Å². The largest absolute Gasteiger partial charge is 0.378 e. The molecule has 4 nitrogen and oxygen atoms in total. The van der Waals surface area contributed by atoms with Crippen LogP contribution in [0.15, 0.2) is 0 Å². The molecule has 1 atom stereocenters. The lowest BCUT2D eigenvalue weighted by atomic mass is 10.0. The minimum Gasteiger partial charge on any atom is -0.378 e. The van der Waals surface area contributed by atoms with Gasteiger partial charge in [0, 0.05) is 31.6 Å². The van der Waals surface area contributed by atoms with Crippen LogP contribution in [0, 0.1) is 5.92 Å². The Morgan fingerprint density at radius 3 is 2.95 bits per heavy atom. The second-order valence-electron chi connectivity index (χ2n) is 5.87. The van der Waals surface area contributed by atoms with E-state index in [1.165, 1.54) is 35.8 Å². The number of anilines is 1. The van der Waals surface area contributed by atoms with Crippen LogP contribution in [0.2, 0.25) is 0 Å². The molecule has 1 aromatic rings. The predicted molar refractivity (Wildman–Crippen MR) is 90.1 cm³/mol. The summed E-state index contributed by atoms with van der Waals surface area (Å²) in [5.74, 6) is 0.853. The number of rotatable bonds is 9. The quantitative estimate of drug-likeness (QED) is 0.709. The number of thiazole rings is 1. The molecule has 0 radical (unpaired) electrons. The van der Waals surface area contributed by atoms with Gasteiger partial charge >= 0.3 is 0 Å². The van der Waals surface area contributed by atoms with E-state index in [4.69, 9.17) is 9.72 Å². The van der Waals surface area contributed by atoms with Gasteiger partial charge in [-0.2, -0.15) is 0 Å². The molecule has 0 aliphatic carbocycles. The zero-order valence-electron chi connectivity index (χ0n) is 13.7. The van der Waals surface area contributed by atoms with Gasteiger partial charge < -0.3 is 15.0 Å². The molecule has 1 aromatic heterocycles. The first-order chi connectivity index (χ1) is 10.3. The molecule has 1 fully saturated rings. The molecule has 0 amide bonds. The molecule has 2 heterocycles. The van der Waals surface area contributed by atoms with Crippen LogP contribution in [0.5, 0.6) is 0 Å². The van der Waals surface area contributed by atoms with Crippen LogP contribution in [0.3, 0.4) is 0 Å². The maximum atomic E-state index is 5.31. The van der Waals surface area contributed by atoms with Crippen LogP contribution < -0.4 is 10.2 Å². The molecule has 2 rings (SSSR count). The summed E-state index contributed by atoms with van der Waals surface area (Å²) in [4.78, 5) is 8.63. The van der Waals surface area contributed by atoms with Gasteiger partial charge in [0.05, 0.1) is 12.3 Å². The Morgan fingerprint density at radius 2 is 2.24 bits per heavy atom. The van der Waals surface area contributed by atoms with Gasteiger partial charge in [-0.15, -0.1) is 11.3 Å². The average molecular weight is 311 g/mol. The Balaban J connectivity index is 2.01. The Labute approximate surface area is 132 Å². The van der Waals surface area contributed by atoms with E-state index < -0.39 is 0 Å². The van der Waals surface area contributed by atoms with Crippen molar-refractivity contribution in [2.75, 3.05) is 31.6 Å². The molecular weight excluding hydrogens is 282 g/mol. The number of methoxy groups -OCH3 is 1. The van der Waals surface area contributed by atoms with Crippen molar-refractivity contribution in [1.29, 1.82) is 0 Å². The molecule has 1 N–H and O–H groups in total. The molecular formula is C16H29N3OS. The number of ether oxygens (including phenoxy) is 1.